The van der Waals surface area contributed by atoms with E-state index in [0.717, 1.165) is 5.57 Å². The molecule has 0 aliphatic carbocycles. The van der Waals surface area contributed by atoms with Crippen LogP contribution in [0.4, 0.5) is 0 Å². The first-order chi connectivity index (χ1) is 6.44. The van der Waals surface area contributed by atoms with Crippen LogP contribution in [0.25, 0.3) is 0 Å². The van der Waals surface area contributed by atoms with Crippen LogP contribution >= 0.6 is 0 Å². The molecule has 0 aromatic rings. The zero-order valence-electron chi connectivity index (χ0n) is 10.4. The van der Waals surface area contributed by atoms with Crippen molar-refractivity contribution < 1.29 is 7.67 Å². The molecular formula is C12H20O2Se. The van der Waals surface area contributed by atoms with Gasteiger partial charge < -0.3 is 0 Å². The van der Waals surface area contributed by atoms with Crippen LogP contribution in [0, 0.1) is 10.8 Å². The van der Waals surface area contributed by atoms with E-state index >= 15 is 0 Å². The van der Waals surface area contributed by atoms with E-state index in [1.165, 1.54) is 4.97 Å². The molecule has 1 aliphatic rings. The third-order valence-electron chi connectivity index (χ3n) is 2.48. The maximum atomic E-state index is 12.0. The van der Waals surface area contributed by atoms with Gasteiger partial charge >= 0.3 is 93.8 Å². The van der Waals surface area contributed by atoms with Gasteiger partial charge in [-0.3, -0.25) is 0 Å². The molecule has 15 heavy (non-hydrogen) atoms. The summed E-state index contributed by atoms with van der Waals surface area (Å²) in [4.78, 5) is 1.48. The van der Waals surface area contributed by atoms with E-state index in [1.54, 1.807) is 0 Å². The van der Waals surface area contributed by atoms with E-state index in [1.807, 2.05) is 47.6 Å². The Labute approximate surface area is 94.1 Å². The summed E-state index contributed by atoms with van der Waals surface area (Å²) < 4.78 is 24.6. The second-order valence-corrected chi connectivity index (χ2v) is 9.83. The normalized spacial score (nSPS) is 21.2. The summed E-state index contributed by atoms with van der Waals surface area (Å²) in [6.45, 7) is 11.9. The molecular weight excluding hydrogens is 255 g/mol. The Hall–Kier alpha value is -0.401. The molecule has 2 nitrogen and oxygen atoms in total. The van der Waals surface area contributed by atoms with E-state index in [9.17, 15) is 7.67 Å². The van der Waals surface area contributed by atoms with Crippen LogP contribution in [0.15, 0.2) is 21.1 Å². The van der Waals surface area contributed by atoms with Gasteiger partial charge in [-0.15, -0.1) is 0 Å². The Kier molecular flexibility index (Phi) is 2.78. The van der Waals surface area contributed by atoms with Crippen LogP contribution in [0.2, 0.25) is 0 Å². The van der Waals surface area contributed by atoms with Crippen LogP contribution in [0.3, 0.4) is 0 Å². The fourth-order valence-electron chi connectivity index (χ4n) is 1.52. The number of allylic oxidation sites excluding steroid dienone is 3. The first-order valence-electron chi connectivity index (χ1n) is 5.14. The molecule has 1 heterocycles. The summed E-state index contributed by atoms with van der Waals surface area (Å²) in [6, 6.07) is 0. The van der Waals surface area contributed by atoms with Crippen LogP contribution in [-0.4, -0.2) is 12.7 Å². The van der Waals surface area contributed by atoms with E-state index in [-0.39, 0.29) is 10.8 Å². The molecule has 0 aromatic carbocycles. The van der Waals surface area contributed by atoms with Crippen molar-refractivity contribution in [2.75, 3.05) is 0 Å². The molecule has 1 aliphatic heterocycles. The Balaban J connectivity index is 3.30. The van der Waals surface area contributed by atoms with Gasteiger partial charge in [0.2, 0.25) is 0 Å². The van der Waals surface area contributed by atoms with Gasteiger partial charge in [-0.25, -0.2) is 0 Å². The molecule has 0 N–H and O–H groups in total. The molecule has 0 unspecified atom stereocenters. The average molecular weight is 275 g/mol. The van der Waals surface area contributed by atoms with Crippen molar-refractivity contribution in [3.8, 4) is 0 Å². The molecule has 0 radical (unpaired) electrons. The van der Waals surface area contributed by atoms with Crippen molar-refractivity contribution in [1.82, 2.24) is 0 Å². The standard InChI is InChI=1S/C12H20O2Se/c1-11(2,3)9-7-10(12(4,5)6)15(13,14)8-9/h7-8H,1-6H3. The number of hydrogen-bond acceptors (Lipinski definition) is 2. The molecule has 86 valence electrons. The maximum absolute atomic E-state index is 12.0. The third-order valence-corrected chi connectivity index (χ3v) is 6.48. The molecule has 0 saturated carbocycles. The summed E-state index contributed by atoms with van der Waals surface area (Å²) in [6.07, 6.45) is 1.86. The monoisotopic (exact) mass is 276 g/mol. The van der Waals surface area contributed by atoms with Gasteiger partial charge in [0.25, 0.3) is 0 Å². The van der Waals surface area contributed by atoms with Crippen molar-refractivity contribution in [2.24, 2.45) is 10.8 Å². The SMILES string of the molecule is CC(C)(C)C1=C[Se](=O)(=O)C(C(C)(C)C)=C1. The molecule has 0 atom stereocenters. The van der Waals surface area contributed by atoms with Crippen LogP contribution in [0.5, 0.6) is 0 Å². The zero-order valence-corrected chi connectivity index (χ0v) is 12.1. The van der Waals surface area contributed by atoms with Crippen molar-refractivity contribution in [1.29, 1.82) is 0 Å². The molecule has 0 saturated heterocycles. The molecule has 0 aromatic heterocycles. The first kappa shape index (κ1) is 12.7. The number of hydrogen-bond donors (Lipinski definition) is 0. The summed E-state index contributed by atoms with van der Waals surface area (Å²) in [7, 11) is 0. The van der Waals surface area contributed by atoms with Crippen molar-refractivity contribution >= 4 is 12.7 Å². The second kappa shape index (κ2) is 3.29. The first-order valence-corrected chi connectivity index (χ1v) is 8.38. The molecule has 0 fully saturated rings. The Morgan fingerprint density at radius 1 is 0.933 bits per heavy atom. The van der Waals surface area contributed by atoms with Gasteiger partial charge in [0, 0.05) is 0 Å². The van der Waals surface area contributed by atoms with Crippen molar-refractivity contribution in [3.05, 3.63) is 21.1 Å². The minimum atomic E-state index is -3.97. The predicted octanol–water partition coefficient (Wildman–Crippen LogP) is 3.33. The Morgan fingerprint density at radius 2 is 1.40 bits per heavy atom. The second-order valence-electron chi connectivity index (χ2n) is 6.13. The van der Waals surface area contributed by atoms with Gasteiger partial charge in [0.1, 0.15) is 0 Å². The Morgan fingerprint density at radius 3 is 1.60 bits per heavy atom. The zero-order chi connectivity index (χ0) is 12.1. The van der Waals surface area contributed by atoms with E-state index < -0.39 is 12.7 Å². The van der Waals surface area contributed by atoms with Crippen molar-refractivity contribution in [2.45, 2.75) is 41.5 Å². The quantitative estimate of drug-likeness (QED) is 0.635. The van der Waals surface area contributed by atoms with E-state index in [2.05, 4.69) is 0 Å². The van der Waals surface area contributed by atoms with Crippen LogP contribution in [-0.2, 0) is 7.67 Å². The molecule has 1 rings (SSSR count). The van der Waals surface area contributed by atoms with E-state index in [4.69, 9.17) is 0 Å². The van der Waals surface area contributed by atoms with E-state index in [0.29, 0.717) is 4.47 Å². The Bertz CT molecular complexity index is 423. The summed E-state index contributed by atoms with van der Waals surface area (Å²) >= 11 is -3.97. The van der Waals surface area contributed by atoms with Gasteiger partial charge in [0.05, 0.1) is 0 Å². The molecule has 0 spiro atoms. The van der Waals surface area contributed by atoms with Crippen LogP contribution < -0.4 is 0 Å². The topological polar surface area (TPSA) is 34.1 Å². The summed E-state index contributed by atoms with van der Waals surface area (Å²) in [5, 5.41) is 0. The fraction of sp³-hybridized carbons (Fsp3) is 0.667. The molecule has 0 bridgehead atoms. The third kappa shape index (κ3) is 2.59. The minimum absolute atomic E-state index is 0.0928. The molecule has 0 amide bonds. The summed E-state index contributed by atoms with van der Waals surface area (Å²) in [5.74, 6) is 0. The van der Waals surface area contributed by atoms with Gasteiger partial charge in [0.15, 0.2) is 0 Å². The fourth-order valence-corrected chi connectivity index (χ4v) is 5.78. The van der Waals surface area contributed by atoms with Gasteiger partial charge in [-0.2, -0.15) is 0 Å². The van der Waals surface area contributed by atoms with Gasteiger partial charge in [-0.1, -0.05) is 0 Å². The van der Waals surface area contributed by atoms with Gasteiger partial charge in [-0.05, 0) is 0 Å². The molecule has 3 heteroatoms. The van der Waals surface area contributed by atoms with Crippen LogP contribution in [0.1, 0.15) is 41.5 Å². The van der Waals surface area contributed by atoms with Crippen molar-refractivity contribution in [3.63, 3.8) is 0 Å². The number of rotatable bonds is 0. The summed E-state index contributed by atoms with van der Waals surface area (Å²) in [5.41, 5.74) is 0.551. The average Bonchev–Trinajstić information content (AvgIpc) is 2.22. The predicted molar refractivity (Wildman–Crippen MR) is 62.2 cm³/mol.